The number of rotatable bonds is 3. The molecule has 0 bridgehead atoms. The Morgan fingerprint density at radius 2 is 2.08 bits per heavy atom. The van der Waals surface area contributed by atoms with Gasteiger partial charge < -0.3 is 4.74 Å². The predicted octanol–water partition coefficient (Wildman–Crippen LogP) is 3.74. The van der Waals surface area contributed by atoms with Gasteiger partial charge in [-0.25, -0.2) is 0 Å². The van der Waals surface area contributed by atoms with Crippen molar-refractivity contribution in [3.05, 3.63) is 39.8 Å². The van der Waals surface area contributed by atoms with E-state index in [4.69, 9.17) is 4.74 Å². The third-order valence-electron chi connectivity index (χ3n) is 1.22. The molecule has 0 radical (unpaired) electrons. The summed E-state index contributed by atoms with van der Waals surface area (Å²) in [5.74, 6) is 0.832. The molecule has 0 atom stereocenters. The second kappa shape index (κ2) is 4.67. The highest BCUT2D eigenvalue weighted by atomic mass is 79.9. The second-order valence-corrected chi connectivity index (χ2v) is 4.21. The summed E-state index contributed by atoms with van der Waals surface area (Å²) in [6.45, 7) is 4.16. The van der Waals surface area contributed by atoms with Crippen LogP contribution in [0.15, 0.2) is 39.8 Å². The van der Waals surface area contributed by atoms with Gasteiger partial charge in [0, 0.05) is 4.48 Å². The van der Waals surface area contributed by atoms with Crippen LogP contribution in [0.3, 0.4) is 0 Å². The molecule has 64 valence electrons. The van der Waals surface area contributed by atoms with Crippen LogP contribution >= 0.6 is 31.9 Å². The molecule has 1 nitrogen and oxygen atoms in total. The van der Waals surface area contributed by atoms with Crippen molar-refractivity contribution >= 4 is 31.9 Å². The molecule has 0 aliphatic carbocycles. The molecule has 0 N–H and O–H groups in total. The molecule has 0 amide bonds. The van der Waals surface area contributed by atoms with E-state index in [-0.39, 0.29) is 0 Å². The lowest BCUT2D eigenvalue weighted by atomic mass is 10.3. The molecule has 0 unspecified atom stereocenters. The zero-order chi connectivity index (χ0) is 8.97. The number of hydrogen-bond donors (Lipinski definition) is 0. The number of para-hydroxylation sites is 1. The fourth-order valence-corrected chi connectivity index (χ4v) is 1.23. The van der Waals surface area contributed by atoms with Gasteiger partial charge in [0.05, 0.1) is 4.47 Å². The monoisotopic (exact) mass is 290 g/mol. The Morgan fingerprint density at radius 3 is 2.67 bits per heavy atom. The molecule has 0 spiro atoms. The van der Waals surface area contributed by atoms with Gasteiger partial charge in [0.1, 0.15) is 12.4 Å². The van der Waals surface area contributed by atoms with Crippen LogP contribution in [0.4, 0.5) is 0 Å². The Labute approximate surface area is 88.7 Å². The zero-order valence-electron chi connectivity index (χ0n) is 6.39. The molecule has 1 aromatic rings. The largest absolute Gasteiger partial charge is 0.487 e. The van der Waals surface area contributed by atoms with Gasteiger partial charge in [0.2, 0.25) is 0 Å². The van der Waals surface area contributed by atoms with E-state index in [9.17, 15) is 0 Å². The Balaban J connectivity index is 2.63. The van der Waals surface area contributed by atoms with Crippen molar-refractivity contribution in [3.63, 3.8) is 0 Å². The Hall–Kier alpha value is -0.280. The highest BCUT2D eigenvalue weighted by Gasteiger charge is 1.98. The molecule has 0 aliphatic heterocycles. The standard InChI is InChI=1S/C9H8Br2O/c1-7(10)6-12-9-5-3-2-4-8(9)11/h2-5H,1,6H2. The molecule has 0 heterocycles. The summed E-state index contributed by atoms with van der Waals surface area (Å²) >= 11 is 6.60. The van der Waals surface area contributed by atoms with Crippen molar-refractivity contribution in [2.75, 3.05) is 6.61 Å². The maximum absolute atomic E-state index is 5.40. The van der Waals surface area contributed by atoms with Gasteiger partial charge in [-0.2, -0.15) is 0 Å². The average Bonchev–Trinajstić information content (AvgIpc) is 2.03. The van der Waals surface area contributed by atoms with E-state index >= 15 is 0 Å². The van der Waals surface area contributed by atoms with E-state index < -0.39 is 0 Å². The van der Waals surface area contributed by atoms with Crippen LogP contribution in [0.1, 0.15) is 0 Å². The van der Waals surface area contributed by atoms with Crippen LogP contribution in [0.5, 0.6) is 5.75 Å². The van der Waals surface area contributed by atoms with Gasteiger partial charge in [-0.05, 0) is 28.1 Å². The van der Waals surface area contributed by atoms with Gasteiger partial charge in [0.15, 0.2) is 0 Å². The fourth-order valence-electron chi connectivity index (χ4n) is 0.718. The van der Waals surface area contributed by atoms with Gasteiger partial charge in [-0.15, -0.1) is 0 Å². The summed E-state index contributed by atoms with van der Waals surface area (Å²) in [4.78, 5) is 0. The highest BCUT2D eigenvalue weighted by molar-refractivity contribution is 9.11. The number of hydrogen-bond acceptors (Lipinski definition) is 1. The first kappa shape index (κ1) is 9.81. The van der Waals surface area contributed by atoms with E-state index in [2.05, 4.69) is 38.4 Å². The third kappa shape index (κ3) is 2.99. The number of ether oxygens (including phenoxy) is 1. The number of halogens is 2. The van der Waals surface area contributed by atoms with Crippen molar-refractivity contribution in [1.29, 1.82) is 0 Å². The van der Waals surface area contributed by atoms with E-state index in [1.807, 2.05) is 24.3 Å². The van der Waals surface area contributed by atoms with Gasteiger partial charge in [0.25, 0.3) is 0 Å². The van der Waals surface area contributed by atoms with Crippen molar-refractivity contribution in [2.24, 2.45) is 0 Å². The first-order valence-corrected chi connectivity index (χ1v) is 4.99. The molecule has 0 aliphatic rings. The van der Waals surface area contributed by atoms with Gasteiger partial charge in [-0.3, -0.25) is 0 Å². The van der Waals surface area contributed by atoms with E-state index in [1.165, 1.54) is 0 Å². The highest BCUT2D eigenvalue weighted by Crippen LogP contribution is 2.24. The Bertz CT molecular complexity index is 284. The maximum atomic E-state index is 5.40. The van der Waals surface area contributed by atoms with Crippen molar-refractivity contribution in [1.82, 2.24) is 0 Å². The van der Waals surface area contributed by atoms with E-state index in [0.29, 0.717) is 6.61 Å². The van der Waals surface area contributed by atoms with Crippen LogP contribution in [0, 0.1) is 0 Å². The Morgan fingerprint density at radius 1 is 1.42 bits per heavy atom. The molecule has 1 aromatic carbocycles. The fraction of sp³-hybridized carbons (Fsp3) is 0.111. The lowest BCUT2D eigenvalue weighted by Gasteiger charge is -2.05. The molecule has 0 saturated carbocycles. The van der Waals surface area contributed by atoms with Crippen LogP contribution in [-0.4, -0.2) is 6.61 Å². The lowest BCUT2D eigenvalue weighted by molar-refractivity contribution is 0.358. The second-order valence-electron chi connectivity index (χ2n) is 2.24. The topological polar surface area (TPSA) is 9.23 Å². The van der Waals surface area contributed by atoms with Crippen LogP contribution in [0.25, 0.3) is 0 Å². The minimum atomic E-state index is 0.489. The molecule has 0 saturated heterocycles. The van der Waals surface area contributed by atoms with Gasteiger partial charge in [-0.1, -0.05) is 34.6 Å². The normalized spacial score (nSPS) is 9.50. The first-order valence-electron chi connectivity index (χ1n) is 3.41. The summed E-state index contributed by atoms with van der Waals surface area (Å²) in [5.41, 5.74) is 0. The maximum Gasteiger partial charge on any atom is 0.134 e. The smallest absolute Gasteiger partial charge is 0.134 e. The van der Waals surface area contributed by atoms with E-state index in [0.717, 1.165) is 14.7 Å². The molecule has 0 aromatic heterocycles. The summed E-state index contributed by atoms with van der Waals surface area (Å²) in [5, 5.41) is 0. The summed E-state index contributed by atoms with van der Waals surface area (Å²) in [6, 6.07) is 7.71. The van der Waals surface area contributed by atoms with E-state index in [1.54, 1.807) is 0 Å². The summed E-state index contributed by atoms with van der Waals surface area (Å²) in [7, 11) is 0. The first-order chi connectivity index (χ1) is 5.70. The molecule has 12 heavy (non-hydrogen) atoms. The molecule has 1 rings (SSSR count). The predicted molar refractivity (Wildman–Crippen MR) is 57.7 cm³/mol. The molecular formula is C9H8Br2O. The molecular weight excluding hydrogens is 284 g/mol. The SMILES string of the molecule is C=C(Br)COc1ccccc1Br. The van der Waals surface area contributed by atoms with Crippen molar-refractivity contribution < 1.29 is 4.74 Å². The van der Waals surface area contributed by atoms with Crippen LogP contribution in [0.2, 0.25) is 0 Å². The molecule has 3 heteroatoms. The number of benzene rings is 1. The molecule has 0 fully saturated rings. The van der Waals surface area contributed by atoms with Crippen LogP contribution in [-0.2, 0) is 0 Å². The average molecular weight is 292 g/mol. The Kier molecular flexibility index (Phi) is 3.82. The van der Waals surface area contributed by atoms with Gasteiger partial charge >= 0.3 is 0 Å². The quantitative estimate of drug-likeness (QED) is 0.824. The third-order valence-corrected chi connectivity index (χ3v) is 2.10. The van der Waals surface area contributed by atoms with Crippen LogP contribution < -0.4 is 4.74 Å². The zero-order valence-corrected chi connectivity index (χ0v) is 9.56. The minimum Gasteiger partial charge on any atom is -0.487 e. The van der Waals surface area contributed by atoms with Crippen molar-refractivity contribution in [2.45, 2.75) is 0 Å². The summed E-state index contributed by atoms with van der Waals surface area (Å²) < 4.78 is 7.19. The minimum absolute atomic E-state index is 0.489. The van der Waals surface area contributed by atoms with Crippen molar-refractivity contribution in [3.8, 4) is 5.75 Å². The lowest BCUT2D eigenvalue weighted by Crippen LogP contribution is -1.96. The summed E-state index contributed by atoms with van der Waals surface area (Å²) in [6.07, 6.45) is 0.